The Bertz CT molecular complexity index is 1650. The first-order valence-electron chi connectivity index (χ1n) is 30.0. The second-order valence-electron chi connectivity index (χ2n) is 21.1. The lowest BCUT2D eigenvalue weighted by molar-refractivity contribution is -0.870. The number of phosphoric acid groups is 1. The Hall–Kier alpha value is -3.14. The van der Waals surface area contributed by atoms with E-state index in [0.29, 0.717) is 23.9 Å². The number of carbonyl (C=O) groups excluding carboxylic acids is 1. The molecule has 0 aromatic rings. The predicted octanol–water partition coefficient (Wildman–Crippen LogP) is 17.5. The first-order chi connectivity index (χ1) is 36.4. The molecule has 1 amide bonds. The SMILES string of the molecule is CC/C=C\C/C=C\C/C=C\C/C=C\C/C=C\C/C=C\C/C=C\C/C=C\C/C=C\C/C=C\CCCCCCCCCCC(=O)NC(COP(=O)(O)OCC[N+](C)(C)C)C(O)C(O)CCCCCCCCCCCCCC. The van der Waals surface area contributed by atoms with E-state index in [-0.39, 0.29) is 18.9 Å². The van der Waals surface area contributed by atoms with Gasteiger partial charge in [-0.1, -0.05) is 251 Å². The largest absolute Gasteiger partial charge is 0.472 e. The summed E-state index contributed by atoms with van der Waals surface area (Å²) in [6, 6.07) is -1.05. The number of phosphoric ester groups is 1. The van der Waals surface area contributed by atoms with Gasteiger partial charge in [-0.15, -0.1) is 0 Å². The summed E-state index contributed by atoms with van der Waals surface area (Å²) >= 11 is 0. The van der Waals surface area contributed by atoms with Crippen molar-refractivity contribution in [3.63, 3.8) is 0 Å². The Morgan fingerprint density at radius 1 is 0.480 bits per heavy atom. The van der Waals surface area contributed by atoms with Gasteiger partial charge in [0.05, 0.1) is 39.9 Å². The van der Waals surface area contributed by atoms with Gasteiger partial charge in [0.15, 0.2) is 0 Å². The van der Waals surface area contributed by atoms with Gasteiger partial charge in [0.25, 0.3) is 0 Å². The fourth-order valence-corrected chi connectivity index (χ4v) is 8.85. The highest BCUT2D eigenvalue weighted by Crippen LogP contribution is 2.43. The number of aliphatic hydroxyl groups excluding tert-OH is 2. The first kappa shape index (κ1) is 71.9. The van der Waals surface area contributed by atoms with E-state index in [4.69, 9.17) is 9.05 Å². The molecular weight excluding hydrogens is 952 g/mol. The lowest BCUT2D eigenvalue weighted by atomic mass is 9.99. The summed E-state index contributed by atoms with van der Waals surface area (Å²) in [4.78, 5) is 23.3. The van der Waals surface area contributed by atoms with Gasteiger partial charge in [-0.25, -0.2) is 4.57 Å². The number of likely N-dealkylation sites (N-methyl/N-ethyl adjacent to an activating group) is 1. The second-order valence-corrected chi connectivity index (χ2v) is 22.6. The van der Waals surface area contributed by atoms with Crippen LogP contribution in [-0.4, -0.2) is 84.6 Å². The molecule has 0 radical (unpaired) electrons. The maximum Gasteiger partial charge on any atom is 0.472 e. The monoisotopic (exact) mass is 1070 g/mol. The van der Waals surface area contributed by atoms with E-state index in [1.165, 1.54) is 83.5 Å². The number of rotatable bonds is 53. The third kappa shape index (κ3) is 55.4. The number of carbonyl (C=O) groups is 1. The Labute approximate surface area is 461 Å². The molecule has 0 aliphatic carbocycles. The highest BCUT2D eigenvalue weighted by Gasteiger charge is 2.32. The van der Waals surface area contributed by atoms with Gasteiger partial charge < -0.3 is 24.9 Å². The number of nitrogens with zero attached hydrogens (tertiary/aromatic N) is 1. The van der Waals surface area contributed by atoms with Crippen molar-refractivity contribution in [3.8, 4) is 0 Å². The third-order valence-corrected chi connectivity index (χ3v) is 13.8. The van der Waals surface area contributed by atoms with Crippen LogP contribution in [0, 0.1) is 0 Å². The van der Waals surface area contributed by atoms with Crippen molar-refractivity contribution in [1.29, 1.82) is 0 Å². The molecule has 0 spiro atoms. The Morgan fingerprint density at radius 2 is 0.827 bits per heavy atom. The van der Waals surface area contributed by atoms with Crippen LogP contribution >= 0.6 is 7.82 Å². The van der Waals surface area contributed by atoms with Gasteiger partial charge in [-0.05, 0) is 89.9 Å². The van der Waals surface area contributed by atoms with Crippen LogP contribution in [0.1, 0.15) is 226 Å². The van der Waals surface area contributed by atoms with Crippen LogP contribution in [-0.2, 0) is 18.4 Å². The summed E-state index contributed by atoms with van der Waals surface area (Å²) in [5, 5.41) is 24.8. The minimum absolute atomic E-state index is 0.0145. The number of hydrogen-bond donors (Lipinski definition) is 4. The summed E-state index contributed by atoms with van der Waals surface area (Å²) < 4.78 is 23.6. The fraction of sp³-hybridized carbons (Fsp3) is 0.677. The van der Waals surface area contributed by atoms with Gasteiger partial charge >= 0.3 is 7.82 Å². The molecule has 9 nitrogen and oxygen atoms in total. The molecule has 0 aliphatic heterocycles. The van der Waals surface area contributed by atoms with E-state index >= 15 is 0 Å². The minimum atomic E-state index is -4.43. The minimum Gasteiger partial charge on any atom is -0.390 e. The topological polar surface area (TPSA) is 125 Å². The Balaban J connectivity index is 4.17. The molecule has 0 aromatic heterocycles. The summed E-state index contributed by atoms with van der Waals surface area (Å²) in [5.41, 5.74) is 0. The van der Waals surface area contributed by atoms with Crippen molar-refractivity contribution in [3.05, 3.63) is 122 Å². The number of aliphatic hydroxyl groups is 2. The zero-order valence-electron chi connectivity index (χ0n) is 48.6. The zero-order chi connectivity index (χ0) is 55.0. The number of hydrogen-bond acceptors (Lipinski definition) is 6. The van der Waals surface area contributed by atoms with Gasteiger partial charge in [0.1, 0.15) is 19.3 Å². The van der Waals surface area contributed by atoms with Crippen molar-refractivity contribution in [2.24, 2.45) is 0 Å². The standard InChI is InChI=1S/C65H113N2O7P/c1-6-8-10-12-14-16-18-20-21-22-23-24-25-26-27-28-29-30-31-32-33-34-35-36-37-38-39-40-41-42-43-44-45-46-48-50-52-54-56-58-64(69)66-62(61-74-75(71,72)73-60-59-67(3,4)5)65(70)63(68)57-55-53-51-49-47-19-17-15-13-11-9-7-2/h8,10,14,16,20-21,23-24,26-27,29-30,32-33,35-36,38-39,41-42,62-63,65,68,70H,6-7,9,11-13,15,17-19,22,25,28,31,34,37,40,43-61H2,1-5H3,(H-,66,69,71,72)/p+1/b10-8-,16-14-,21-20-,24-23-,27-26-,30-29-,33-32-,36-35-,39-38-,42-41-. The molecule has 0 aromatic carbocycles. The smallest absolute Gasteiger partial charge is 0.390 e. The molecule has 0 heterocycles. The molecule has 75 heavy (non-hydrogen) atoms. The van der Waals surface area contributed by atoms with Gasteiger partial charge in [0.2, 0.25) is 5.91 Å². The maximum absolute atomic E-state index is 13.0. The number of nitrogens with one attached hydrogen (secondary N) is 1. The van der Waals surface area contributed by atoms with E-state index < -0.39 is 32.7 Å². The second kappa shape index (κ2) is 54.2. The Morgan fingerprint density at radius 3 is 1.21 bits per heavy atom. The first-order valence-corrected chi connectivity index (χ1v) is 31.5. The van der Waals surface area contributed by atoms with E-state index in [1.54, 1.807) is 0 Å². The predicted molar refractivity (Wildman–Crippen MR) is 324 cm³/mol. The molecule has 4 atom stereocenters. The number of amides is 1. The van der Waals surface area contributed by atoms with Crippen LogP contribution in [0.3, 0.4) is 0 Å². The number of quaternary nitrogens is 1. The van der Waals surface area contributed by atoms with E-state index in [0.717, 1.165) is 109 Å². The normalized spacial score (nSPS) is 15.1. The van der Waals surface area contributed by atoms with Crippen LogP contribution in [0.5, 0.6) is 0 Å². The van der Waals surface area contributed by atoms with Crippen molar-refractivity contribution in [2.75, 3.05) is 40.9 Å². The lowest BCUT2D eigenvalue weighted by Crippen LogP contribution is -2.51. The molecule has 0 rings (SSSR count). The Kier molecular flexibility index (Phi) is 52.0. The number of allylic oxidation sites excluding steroid dienone is 20. The van der Waals surface area contributed by atoms with E-state index in [1.807, 2.05) is 21.1 Å². The molecule has 4 unspecified atom stereocenters. The number of unbranched alkanes of at least 4 members (excludes halogenated alkanes) is 19. The fourth-order valence-electron chi connectivity index (χ4n) is 8.11. The molecule has 0 aliphatic rings. The summed E-state index contributed by atoms with van der Waals surface area (Å²) in [5.74, 6) is -0.272. The van der Waals surface area contributed by atoms with E-state index in [2.05, 4.69) is 141 Å². The van der Waals surface area contributed by atoms with Crippen LogP contribution in [0.15, 0.2) is 122 Å². The average molecular weight is 1070 g/mol. The zero-order valence-corrected chi connectivity index (χ0v) is 49.5. The highest BCUT2D eigenvalue weighted by molar-refractivity contribution is 7.47. The van der Waals surface area contributed by atoms with Crippen LogP contribution < -0.4 is 5.32 Å². The van der Waals surface area contributed by atoms with Crippen LogP contribution in [0.4, 0.5) is 0 Å². The highest BCUT2D eigenvalue weighted by atomic mass is 31.2. The quantitative estimate of drug-likeness (QED) is 0.0207. The summed E-state index contributed by atoms with van der Waals surface area (Å²) in [6.07, 6.45) is 77.2. The summed E-state index contributed by atoms with van der Waals surface area (Å²) in [7, 11) is 1.41. The van der Waals surface area contributed by atoms with Crippen molar-refractivity contribution in [1.82, 2.24) is 5.32 Å². The molecule has 0 bridgehead atoms. The van der Waals surface area contributed by atoms with Gasteiger partial charge in [0, 0.05) is 6.42 Å². The molecule has 10 heteroatoms. The third-order valence-electron chi connectivity index (χ3n) is 12.8. The van der Waals surface area contributed by atoms with Crippen molar-refractivity contribution < 1.29 is 38.0 Å². The van der Waals surface area contributed by atoms with Gasteiger partial charge in [-0.2, -0.15) is 0 Å². The molecule has 0 saturated heterocycles. The molecule has 4 N–H and O–H groups in total. The molecule has 0 fully saturated rings. The van der Waals surface area contributed by atoms with Crippen LogP contribution in [0.2, 0.25) is 0 Å². The lowest BCUT2D eigenvalue weighted by Gasteiger charge is -2.28. The summed E-state index contributed by atoms with van der Waals surface area (Å²) in [6.45, 7) is 4.47. The molecular formula is C65H114N2O7P+. The van der Waals surface area contributed by atoms with Crippen molar-refractivity contribution >= 4 is 13.7 Å². The van der Waals surface area contributed by atoms with Gasteiger partial charge in [-0.3, -0.25) is 13.8 Å². The van der Waals surface area contributed by atoms with Crippen LogP contribution in [0.25, 0.3) is 0 Å². The van der Waals surface area contributed by atoms with E-state index in [9.17, 15) is 24.5 Å². The molecule has 430 valence electrons. The maximum atomic E-state index is 13.0. The molecule has 0 saturated carbocycles. The average Bonchev–Trinajstić information content (AvgIpc) is 3.37. The van der Waals surface area contributed by atoms with Crippen molar-refractivity contribution in [2.45, 2.75) is 244 Å².